The van der Waals surface area contributed by atoms with Crippen LogP contribution in [0.4, 0.5) is 5.69 Å². The predicted octanol–water partition coefficient (Wildman–Crippen LogP) is 3.12. The number of halogens is 1. The fraction of sp³-hybridized carbons (Fsp3) is 0.571. The molecule has 0 heterocycles. The average molecular weight is 317 g/mol. The van der Waals surface area contributed by atoms with Crippen LogP contribution in [0.25, 0.3) is 0 Å². The van der Waals surface area contributed by atoms with Gasteiger partial charge in [0.05, 0.1) is 5.69 Å². The zero-order valence-electron chi connectivity index (χ0n) is 11.8. The second-order valence-corrected chi connectivity index (χ2v) is 7.93. The Hall–Kier alpha value is -0.780. The maximum absolute atomic E-state index is 12.7. The number of rotatable bonds is 3. The lowest BCUT2D eigenvalue weighted by Crippen LogP contribution is -2.42. The number of hydrogen-bond donors (Lipinski definition) is 1. The van der Waals surface area contributed by atoms with Crippen molar-refractivity contribution in [1.82, 2.24) is 4.31 Å². The molecule has 6 heteroatoms. The highest BCUT2D eigenvalue weighted by Crippen LogP contribution is 2.32. The normalized spacial score (nSPS) is 24.0. The Bertz CT molecular complexity index is 589. The van der Waals surface area contributed by atoms with Crippen molar-refractivity contribution in [2.75, 3.05) is 12.8 Å². The van der Waals surface area contributed by atoms with Crippen LogP contribution in [0.2, 0.25) is 5.02 Å². The summed E-state index contributed by atoms with van der Waals surface area (Å²) in [4.78, 5) is 0.102. The van der Waals surface area contributed by atoms with Gasteiger partial charge < -0.3 is 5.73 Å². The van der Waals surface area contributed by atoms with E-state index in [1.807, 2.05) is 0 Å². The minimum absolute atomic E-state index is 0.0344. The molecule has 1 saturated carbocycles. The van der Waals surface area contributed by atoms with E-state index in [2.05, 4.69) is 6.92 Å². The summed E-state index contributed by atoms with van der Waals surface area (Å²) < 4.78 is 26.9. The molecule has 0 saturated heterocycles. The lowest BCUT2D eigenvalue weighted by Gasteiger charge is -2.35. The van der Waals surface area contributed by atoms with Gasteiger partial charge in [-0.05, 0) is 37.0 Å². The molecule has 0 aliphatic heterocycles. The first-order chi connectivity index (χ1) is 9.34. The van der Waals surface area contributed by atoms with Crippen molar-refractivity contribution >= 4 is 27.3 Å². The topological polar surface area (TPSA) is 63.4 Å². The standard InChI is InChI=1S/C14H21ClN2O2S/c1-10-5-3-4-6-13(10)17(2)20(18,19)14-9-11(15)7-8-12(14)16/h7-10,13H,3-6,16H2,1-2H3. The van der Waals surface area contributed by atoms with E-state index in [0.29, 0.717) is 10.9 Å². The zero-order valence-corrected chi connectivity index (χ0v) is 13.4. The van der Waals surface area contributed by atoms with E-state index in [0.717, 1.165) is 19.3 Å². The van der Waals surface area contributed by atoms with Gasteiger partial charge in [-0.1, -0.05) is 31.4 Å². The molecule has 0 radical (unpaired) electrons. The fourth-order valence-electron chi connectivity index (χ4n) is 2.90. The molecule has 0 spiro atoms. The summed E-state index contributed by atoms with van der Waals surface area (Å²) in [5.41, 5.74) is 6.05. The first-order valence-electron chi connectivity index (χ1n) is 6.87. The molecule has 2 rings (SSSR count). The maximum atomic E-state index is 12.7. The molecule has 2 N–H and O–H groups in total. The third kappa shape index (κ3) is 2.95. The Morgan fingerprint density at radius 2 is 1.95 bits per heavy atom. The van der Waals surface area contributed by atoms with E-state index in [-0.39, 0.29) is 16.6 Å². The second kappa shape index (κ2) is 5.92. The minimum atomic E-state index is -3.60. The number of hydrogen-bond acceptors (Lipinski definition) is 3. The Labute approximate surface area is 126 Å². The summed E-state index contributed by atoms with van der Waals surface area (Å²) in [6.45, 7) is 2.11. The molecule has 112 valence electrons. The molecule has 1 aliphatic rings. The van der Waals surface area contributed by atoms with Crippen LogP contribution in [-0.4, -0.2) is 25.8 Å². The van der Waals surface area contributed by atoms with E-state index >= 15 is 0 Å². The van der Waals surface area contributed by atoms with Gasteiger partial charge in [-0.2, -0.15) is 4.31 Å². The molecular weight excluding hydrogens is 296 g/mol. The lowest BCUT2D eigenvalue weighted by atomic mass is 9.86. The van der Waals surface area contributed by atoms with Gasteiger partial charge in [0.2, 0.25) is 10.0 Å². The molecule has 4 nitrogen and oxygen atoms in total. The lowest BCUT2D eigenvalue weighted by molar-refractivity contribution is 0.213. The molecule has 1 fully saturated rings. The highest BCUT2D eigenvalue weighted by Gasteiger charge is 2.34. The molecule has 2 atom stereocenters. The van der Waals surface area contributed by atoms with Gasteiger partial charge in [0.25, 0.3) is 0 Å². The van der Waals surface area contributed by atoms with Crippen molar-refractivity contribution in [3.8, 4) is 0 Å². The number of benzene rings is 1. The first kappa shape index (κ1) is 15.6. The van der Waals surface area contributed by atoms with Gasteiger partial charge in [-0.3, -0.25) is 0 Å². The summed E-state index contributed by atoms with van der Waals surface area (Å²) in [5.74, 6) is 0.365. The monoisotopic (exact) mass is 316 g/mol. The zero-order chi connectivity index (χ0) is 14.9. The summed E-state index contributed by atoms with van der Waals surface area (Å²) in [5, 5.41) is 0.378. The maximum Gasteiger partial charge on any atom is 0.245 e. The molecule has 20 heavy (non-hydrogen) atoms. The molecule has 1 aromatic rings. The van der Waals surface area contributed by atoms with Gasteiger partial charge in [0, 0.05) is 18.1 Å². The van der Waals surface area contributed by atoms with Gasteiger partial charge in [0.1, 0.15) is 4.90 Å². The van der Waals surface area contributed by atoms with Crippen LogP contribution >= 0.6 is 11.6 Å². The third-order valence-corrected chi connectivity index (χ3v) is 6.34. The van der Waals surface area contributed by atoms with Crippen LogP contribution in [0.5, 0.6) is 0 Å². The summed E-state index contributed by atoms with van der Waals surface area (Å²) in [6, 6.07) is 4.59. The van der Waals surface area contributed by atoms with Crippen LogP contribution in [0.15, 0.2) is 23.1 Å². The van der Waals surface area contributed by atoms with E-state index in [4.69, 9.17) is 17.3 Å². The van der Waals surface area contributed by atoms with E-state index in [1.54, 1.807) is 13.1 Å². The van der Waals surface area contributed by atoms with Crippen molar-refractivity contribution in [1.29, 1.82) is 0 Å². The highest BCUT2D eigenvalue weighted by molar-refractivity contribution is 7.89. The van der Waals surface area contributed by atoms with Gasteiger partial charge in [-0.25, -0.2) is 8.42 Å². The van der Waals surface area contributed by atoms with Crippen molar-refractivity contribution in [2.45, 2.75) is 43.5 Å². The molecule has 0 amide bonds. The van der Waals surface area contributed by atoms with E-state index in [9.17, 15) is 8.42 Å². The molecule has 2 unspecified atom stereocenters. The van der Waals surface area contributed by atoms with E-state index < -0.39 is 10.0 Å². The molecule has 0 aromatic heterocycles. The molecule has 1 aromatic carbocycles. The molecule has 0 bridgehead atoms. The number of sulfonamides is 1. The van der Waals surface area contributed by atoms with Crippen molar-refractivity contribution < 1.29 is 8.42 Å². The van der Waals surface area contributed by atoms with Crippen molar-refractivity contribution in [2.24, 2.45) is 5.92 Å². The van der Waals surface area contributed by atoms with Gasteiger partial charge in [0.15, 0.2) is 0 Å². The van der Waals surface area contributed by atoms with Crippen LogP contribution < -0.4 is 5.73 Å². The second-order valence-electron chi connectivity index (χ2n) is 5.53. The predicted molar refractivity (Wildman–Crippen MR) is 82.2 cm³/mol. The van der Waals surface area contributed by atoms with E-state index in [1.165, 1.54) is 22.9 Å². The Balaban J connectivity index is 2.36. The van der Waals surface area contributed by atoms with Crippen molar-refractivity contribution in [3.63, 3.8) is 0 Å². The van der Waals surface area contributed by atoms with Crippen LogP contribution in [0.1, 0.15) is 32.6 Å². The van der Waals surface area contributed by atoms with Gasteiger partial charge >= 0.3 is 0 Å². The van der Waals surface area contributed by atoms with Crippen LogP contribution in [0.3, 0.4) is 0 Å². The van der Waals surface area contributed by atoms with Gasteiger partial charge in [-0.15, -0.1) is 0 Å². The SMILES string of the molecule is CC1CCCCC1N(C)S(=O)(=O)c1cc(Cl)ccc1N. The Morgan fingerprint density at radius 3 is 2.60 bits per heavy atom. The van der Waals surface area contributed by atoms with Crippen LogP contribution in [-0.2, 0) is 10.0 Å². The summed E-state index contributed by atoms with van der Waals surface area (Å²) in [6.07, 6.45) is 4.21. The fourth-order valence-corrected chi connectivity index (χ4v) is 4.76. The molecule has 1 aliphatic carbocycles. The minimum Gasteiger partial charge on any atom is -0.398 e. The number of nitrogen functional groups attached to an aromatic ring is 1. The number of nitrogens with zero attached hydrogens (tertiary/aromatic N) is 1. The Morgan fingerprint density at radius 1 is 1.30 bits per heavy atom. The largest absolute Gasteiger partial charge is 0.398 e. The Kier molecular flexibility index (Phi) is 4.62. The smallest absolute Gasteiger partial charge is 0.245 e. The van der Waals surface area contributed by atoms with Crippen LogP contribution in [0, 0.1) is 5.92 Å². The highest BCUT2D eigenvalue weighted by atomic mass is 35.5. The quantitative estimate of drug-likeness (QED) is 0.871. The molecular formula is C14H21ClN2O2S. The first-order valence-corrected chi connectivity index (χ1v) is 8.69. The summed E-state index contributed by atoms with van der Waals surface area (Å²) in [7, 11) is -1.96. The summed E-state index contributed by atoms with van der Waals surface area (Å²) >= 11 is 5.90. The average Bonchev–Trinajstić information content (AvgIpc) is 2.41. The number of nitrogens with two attached hydrogens (primary N) is 1. The number of anilines is 1. The third-order valence-electron chi connectivity index (χ3n) is 4.17. The van der Waals surface area contributed by atoms with Crippen molar-refractivity contribution in [3.05, 3.63) is 23.2 Å².